The van der Waals surface area contributed by atoms with Crippen LogP contribution >= 0.6 is 0 Å². The summed E-state index contributed by atoms with van der Waals surface area (Å²) in [7, 11) is 0. The van der Waals surface area contributed by atoms with Crippen molar-refractivity contribution in [1.29, 1.82) is 0 Å². The van der Waals surface area contributed by atoms with Crippen LogP contribution in [-0.4, -0.2) is 37.9 Å². The van der Waals surface area contributed by atoms with Gasteiger partial charge in [-0.3, -0.25) is 9.59 Å². The van der Waals surface area contributed by atoms with Crippen LogP contribution in [0.3, 0.4) is 0 Å². The van der Waals surface area contributed by atoms with E-state index in [0.29, 0.717) is 19.4 Å². The van der Waals surface area contributed by atoms with Gasteiger partial charge < -0.3 is 14.2 Å². The molecule has 0 radical (unpaired) electrons. The first kappa shape index (κ1) is 59.1. The molecule has 0 aromatic rings. The Bertz CT molecular complexity index is 1160. The van der Waals surface area contributed by atoms with Gasteiger partial charge in [0.2, 0.25) is 0 Å². The van der Waals surface area contributed by atoms with Crippen LogP contribution in [0.1, 0.15) is 239 Å². The molecule has 0 spiro atoms. The van der Waals surface area contributed by atoms with E-state index in [9.17, 15) is 9.59 Å². The van der Waals surface area contributed by atoms with Crippen molar-refractivity contribution in [2.45, 2.75) is 245 Å². The van der Waals surface area contributed by atoms with E-state index in [2.05, 4.69) is 106 Å². The first-order valence-corrected chi connectivity index (χ1v) is 26.1. The summed E-state index contributed by atoms with van der Waals surface area (Å²) in [5, 5.41) is 0. The summed E-state index contributed by atoms with van der Waals surface area (Å²) in [6, 6.07) is 0. The molecule has 0 aliphatic rings. The molecule has 5 heteroatoms. The Balaban J connectivity index is 4.29. The van der Waals surface area contributed by atoms with E-state index >= 15 is 0 Å². The minimum atomic E-state index is -0.561. The smallest absolute Gasteiger partial charge is 0.306 e. The second-order valence-corrected chi connectivity index (χ2v) is 17.0. The standard InChI is InChI=1S/C57H98O5/c1-4-7-10-13-16-19-22-24-26-28-29-30-31-33-36-38-41-44-47-50-56(58)61-54-55(62-57(59)51-48-45-42-39-35-21-18-15-12-9-6-3)53-60-52-49-46-43-40-37-34-32-27-25-23-20-17-14-11-8-5-2/h8,11,15-20,24-27,34,37,55H,4-7,9-10,12-14,21-23,28-33,35-36,38-54H2,1-3H3/b11-8-,18-15-,19-16-,20-17-,26-24-,27-25-,37-34-. The molecule has 0 heterocycles. The maximum Gasteiger partial charge on any atom is 0.306 e. The topological polar surface area (TPSA) is 61.8 Å². The third-order valence-corrected chi connectivity index (χ3v) is 10.9. The zero-order valence-corrected chi connectivity index (χ0v) is 40.9. The first-order chi connectivity index (χ1) is 30.6. The van der Waals surface area contributed by atoms with E-state index in [-0.39, 0.29) is 25.2 Å². The lowest BCUT2D eigenvalue weighted by Gasteiger charge is -2.18. The second kappa shape index (κ2) is 52.4. The molecule has 0 bridgehead atoms. The molecule has 5 nitrogen and oxygen atoms in total. The molecule has 62 heavy (non-hydrogen) atoms. The molecule has 0 rings (SSSR count). The zero-order chi connectivity index (χ0) is 44.9. The van der Waals surface area contributed by atoms with Gasteiger partial charge in [-0.05, 0) is 109 Å². The minimum absolute atomic E-state index is 0.0636. The van der Waals surface area contributed by atoms with Crippen molar-refractivity contribution in [2.24, 2.45) is 0 Å². The molecule has 0 N–H and O–H groups in total. The van der Waals surface area contributed by atoms with Crippen molar-refractivity contribution in [3.05, 3.63) is 85.1 Å². The van der Waals surface area contributed by atoms with Crippen molar-refractivity contribution in [1.82, 2.24) is 0 Å². The highest BCUT2D eigenvalue weighted by molar-refractivity contribution is 5.70. The number of hydrogen-bond donors (Lipinski definition) is 0. The molecule has 1 unspecified atom stereocenters. The summed E-state index contributed by atoms with van der Waals surface area (Å²) in [5.74, 6) is -0.432. The number of hydrogen-bond acceptors (Lipinski definition) is 5. The fourth-order valence-corrected chi connectivity index (χ4v) is 6.98. The normalized spacial score (nSPS) is 12.9. The molecule has 0 amide bonds. The molecule has 0 saturated heterocycles. The van der Waals surface area contributed by atoms with Crippen molar-refractivity contribution >= 4 is 11.9 Å². The number of ether oxygens (including phenoxy) is 3. The van der Waals surface area contributed by atoms with E-state index in [4.69, 9.17) is 14.2 Å². The maximum absolute atomic E-state index is 12.8. The monoisotopic (exact) mass is 863 g/mol. The van der Waals surface area contributed by atoms with Gasteiger partial charge in [0, 0.05) is 19.4 Å². The number of carbonyl (C=O) groups excluding carboxylic acids is 2. The molecule has 0 aromatic heterocycles. The van der Waals surface area contributed by atoms with Crippen molar-refractivity contribution in [3.8, 4) is 0 Å². The Kier molecular flexibility index (Phi) is 50.0. The van der Waals surface area contributed by atoms with E-state index in [1.165, 1.54) is 103 Å². The fraction of sp³-hybridized carbons (Fsp3) is 0.719. The summed E-state index contributed by atoms with van der Waals surface area (Å²) in [5.41, 5.74) is 0. The fourth-order valence-electron chi connectivity index (χ4n) is 6.98. The highest BCUT2D eigenvalue weighted by atomic mass is 16.6. The van der Waals surface area contributed by atoms with Gasteiger partial charge in [-0.2, -0.15) is 0 Å². The summed E-state index contributed by atoms with van der Waals surface area (Å²) >= 11 is 0. The van der Waals surface area contributed by atoms with E-state index in [1.54, 1.807) is 0 Å². The van der Waals surface area contributed by atoms with Gasteiger partial charge in [0.25, 0.3) is 0 Å². The van der Waals surface area contributed by atoms with Crippen LogP contribution in [-0.2, 0) is 23.8 Å². The number of unbranched alkanes of at least 4 members (excludes halogenated alkanes) is 22. The highest BCUT2D eigenvalue weighted by Gasteiger charge is 2.17. The van der Waals surface area contributed by atoms with Crippen molar-refractivity contribution < 1.29 is 23.8 Å². The lowest BCUT2D eigenvalue weighted by molar-refractivity contribution is -0.163. The van der Waals surface area contributed by atoms with Gasteiger partial charge in [-0.25, -0.2) is 0 Å². The van der Waals surface area contributed by atoms with Crippen molar-refractivity contribution in [3.63, 3.8) is 0 Å². The summed E-state index contributed by atoms with van der Waals surface area (Å²) in [6.07, 6.45) is 68.8. The number of esters is 2. The van der Waals surface area contributed by atoms with E-state index in [0.717, 1.165) is 103 Å². The number of rotatable bonds is 47. The van der Waals surface area contributed by atoms with E-state index in [1.807, 2.05) is 0 Å². The van der Waals surface area contributed by atoms with Crippen LogP contribution in [0, 0.1) is 0 Å². The van der Waals surface area contributed by atoms with Crippen LogP contribution in [0.25, 0.3) is 0 Å². The van der Waals surface area contributed by atoms with Gasteiger partial charge >= 0.3 is 11.9 Å². The zero-order valence-electron chi connectivity index (χ0n) is 40.9. The lowest BCUT2D eigenvalue weighted by Crippen LogP contribution is -2.30. The molecule has 1 atom stereocenters. The molecule has 0 saturated carbocycles. The maximum atomic E-state index is 12.8. The quantitative estimate of drug-likeness (QED) is 0.0346. The number of carbonyl (C=O) groups is 2. The largest absolute Gasteiger partial charge is 0.462 e. The van der Waals surface area contributed by atoms with Gasteiger partial charge in [0.1, 0.15) is 6.61 Å². The van der Waals surface area contributed by atoms with E-state index < -0.39 is 6.10 Å². The van der Waals surface area contributed by atoms with Gasteiger partial charge in [0.15, 0.2) is 6.10 Å². The van der Waals surface area contributed by atoms with Crippen LogP contribution < -0.4 is 0 Å². The highest BCUT2D eigenvalue weighted by Crippen LogP contribution is 2.14. The Hall–Kier alpha value is -2.92. The third-order valence-electron chi connectivity index (χ3n) is 10.9. The Morgan fingerprint density at radius 3 is 1.23 bits per heavy atom. The van der Waals surface area contributed by atoms with Crippen LogP contribution in [0.5, 0.6) is 0 Å². The molecular formula is C57H98O5. The Morgan fingerprint density at radius 2 is 0.742 bits per heavy atom. The predicted octanol–water partition coefficient (Wildman–Crippen LogP) is 17.7. The molecule has 0 aromatic carbocycles. The summed E-state index contributed by atoms with van der Waals surface area (Å²) in [6.45, 7) is 7.57. The third kappa shape index (κ3) is 49.7. The molecule has 0 aliphatic heterocycles. The molecular weight excluding hydrogens is 765 g/mol. The summed E-state index contributed by atoms with van der Waals surface area (Å²) < 4.78 is 17.4. The number of allylic oxidation sites excluding steroid dienone is 14. The van der Waals surface area contributed by atoms with Gasteiger partial charge in [-0.1, -0.05) is 202 Å². The molecule has 356 valence electrons. The van der Waals surface area contributed by atoms with Crippen LogP contribution in [0.2, 0.25) is 0 Å². The predicted molar refractivity (Wildman–Crippen MR) is 270 cm³/mol. The summed E-state index contributed by atoms with van der Waals surface area (Å²) in [4.78, 5) is 25.4. The minimum Gasteiger partial charge on any atom is -0.462 e. The second-order valence-electron chi connectivity index (χ2n) is 17.0. The van der Waals surface area contributed by atoms with Crippen LogP contribution in [0.4, 0.5) is 0 Å². The Morgan fingerprint density at radius 1 is 0.371 bits per heavy atom. The average molecular weight is 863 g/mol. The van der Waals surface area contributed by atoms with Crippen molar-refractivity contribution in [2.75, 3.05) is 19.8 Å². The van der Waals surface area contributed by atoms with Gasteiger partial charge in [-0.15, -0.1) is 0 Å². The Labute approximate surface area is 384 Å². The average Bonchev–Trinajstić information content (AvgIpc) is 3.27. The first-order valence-electron chi connectivity index (χ1n) is 26.1. The van der Waals surface area contributed by atoms with Crippen LogP contribution in [0.15, 0.2) is 85.1 Å². The lowest BCUT2D eigenvalue weighted by atomic mass is 10.1. The SMILES string of the molecule is CC/C=C\C/C=C\C/C=C\C/C=C\CCCCCOCC(COC(=O)CCCCCCCCCCC/C=C\C/C=C\CCCCC)OC(=O)CCCCCCC/C=C\CCCC. The molecule has 0 aliphatic carbocycles. The van der Waals surface area contributed by atoms with Gasteiger partial charge in [0.05, 0.1) is 6.61 Å². The molecule has 0 fully saturated rings.